The molecule has 0 aliphatic heterocycles. The molecule has 0 fully saturated rings. The van der Waals surface area contributed by atoms with E-state index in [4.69, 9.17) is 0 Å². The van der Waals surface area contributed by atoms with Crippen LogP contribution in [-0.4, -0.2) is 24.3 Å². The molecule has 2 rings (SSSR count). The van der Waals surface area contributed by atoms with Crippen LogP contribution >= 0.6 is 0 Å². The van der Waals surface area contributed by atoms with Gasteiger partial charge in [-0.15, -0.1) is 0 Å². The van der Waals surface area contributed by atoms with Crippen LogP contribution in [0.5, 0.6) is 0 Å². The number of benzene rings is 1. The van der Waals surface area contributed by atoms with Crippen LogP contribution in [0.15, 0.2) is 24.3 Å². The van der Waals surface area contributed by atoms with Crippen molar-refractivity contribution in [2.24, 2.45) is 0 Å². The third-order valence-electron chi connectivity index (χ3n) is 3.86. The highest BCUT2D eigenvalue weighted by Crippen LogP contribution is 2.30. The molecule has 0 aromatic heterocycles. The van der Waals surface area contributed by atoms with Gasteiger partial charge in [-0.2, -0.15) is 0 Å². The van der Waals surface area contributed by atoms with E-state index in [0.29, 0.717) is 5.92 Å². The van der Waals surface area contributed by atoms with Crippen molar-refractivity contribution >= 4 is 0 Å². The summed E-state index contributed by atoms with van der Waals surface area (Å²) in [5, 5.41) is 12.7. The second-order valence-corrected chi connectivity index (χ2v) is 4.98. The molecule has 2 unspecified atom stereocenters. The summed E-state index contributed by atoms with van der Waals surface area (Å²) in [6, 6.07) is 9.05. The van der Waals surface area contributed by atoms with Crippen LogP contribution in [0.3, 0.4) is 0 Å². The summed E-state index contributed by atoms with van der Waals surface area (Å²) >= 11 is 0. The average molecular weight is 233 g/mol. The van der Waals surface area contributed by atoms with E-state index >= 15 is 0 Å². The third kappa shape index (κ3) is 3.08. The van der Waals surface area contributed by atoms with Gasteiger partial charge in [-0.1, -0.05) is 31.2 Å². The van der Waals surface area contributed by atoms with Crippen LogP contribution < -0.4 is 5.32 Å². The smallest absolute Gasteiger partial charge is 0.0584 e. The SMILES string of the molecule is CCC(CO)NCC1CCCc2ccccc21. The molecule has 0 saturated carbocycles. The molecule has 0 amide bonds. The fraction of sp³-hybridized carbons (Fsp3) is 0.600. The second-order valence-electron chi connectivity index (χ2n) is 4.98. The zero-order valence-electron chi connectivity index (χ0n) is 10.7. The maximum absolute atomic E-state index is 9.19. The molecule has 2 heteroatoms. The monoisotopic (exact) mass is 233 g/mol. The Hall–Kier alpha value is -0.860. The Morgan fingerprint density at radius 3 is 3.00 bits per heavy atom. The summed E-state index contributed by atoms with van der Waals surface area (Å²) in [7, 11) is 0. The highest BCUT2D eigenvalue weighted by molar-refractivity contribution is 5.32. The molecule has 0 spiro atoms. The minimum atomic E-state index is 0.241. The predicted octanol–water partition coefficient (Wildman–Crippen LogP) is 2.47. The fourth-order valence-electron chi connectivity index (χ4n) is 2.71. The summed E-state index contributed by atoms with van der Waals surface area (Å²) in [5.74, 6) is 0.626. The Labute approximate surface area is 104 Å². The van der Waals surface area contributed by atoms with Crippen LogP contribution in [0, 0.1) is 0 Å². The number of aliphatic hydroxyl groups is 1. The standard InChI is InChI=1S/C15H23NO/c1-2-14(11-17)16-10-13-8-5-7-12-6-3-4-9-15(12)13/h3-4,6,9,13-14,16-17H,2,5,7-8,10-11H2,1H3. The number of nitrogens with one attached hydrogen (secondary N) is 1. The molecule has 2 nitrogen and oxygen atoms in total. The lowest BCUT2D eigenvalue weighted by Crippen LogP contribution is -2.35. The molecule has 17 heavy (non-hydrogen) atoms. The van der Waals surface area contributed by atoms with Gasteiger partial charge in [0.15, 0.2) is 0 Å². The van der Waals surface area contributed by atoms with Gasteiger partial charge in [0.05, 0.1) is 6.61 Å². The maximum Gasteiger partial charge on any atom is 0.0584 e. The van der Waals surface area contributed by atoms with E-state index in [1.165, 1.54) is 30.4 Å². The van der Waals surface area contributed by atoms with Gasteiger partial charge in [-0.25, -0.2) is 0 Å². The highest BCUT2D eigenvalue weighted by Gasteiger charge is 2.20. The van der Waals surface area contributed by atoms with Crippen molar-refractivity contribution in [1.82, 2.24) is 5.32 Å². The van der Waals surface area contributed by atoms with Crippen LogP contribution in [0.2, 0.25) is 0 Å². The van der Waals surface area contributed by atoms with Gasteiger partial charge in [0.25, 0.3) is 0 Å². The normalized spacial score (nSPS) is 20.9. The highest BCUT2D eigenvalue weighted by atomic mass is 16.3. The quantitative estimate of drug-likeness (QED) is 0.819. The van der Waals surface area contributed by atoms with Gasteiger partial charge in [-0.05, 0) is 42.7 Å². The van der Waals surface area contributed by atoms with E-state index in [0.717, 1.165) is 13.0 Å². The van der Waals surface area contributed by atoms with E-state index in [2.05, 4.69) is 36.5 Å². The van der Waals surface area contributed by atoms with Gasteiger partial charge in [0, 0.05) is 12.6 Å². The Kier molecular flexibility index (Phi) is 4.57. The Morgan fingerprint density at radius 2 is 2.24 bits per heavy atom. The van der Waals surface area contributed by atoms with E-state index < -0.39 is 0 Å². The van der Waals surface area contributed by atoms with Gasteiger partial charge < -0.3 is 10.4 Å². The molecule has 0 saturated heterocycles. The molecule has 1 aliphatic carbocycles. The summed E-state index contributed by atoms with van der Waals surface area (Å²) in [6.07, 6.45) is 4.78. The van der Waals surface area contributed by atoms with Gasteiger partial charge in [-0.3, -0.25) is 0 Å². The van der Waals surface area contributed by atoms with Crippen molar-refractivity contribution in [3.8, 4) is 0 Å². The molecule has 2 atom stereocenters. The lowest BCUT2D eigenvalue weighted by atomic mass is 9.83. The average Bonchev–Trinajstić information content (AvgIpc) is 2.40. The number of aryl methyl sites for hydroxylation is 1. The first-order valence-corrected chi connectivity index (χ1v) is 6.77. The van der Waals surface area contributed by atoms with Gasteiger partial charge >= 0.3 is 0 Å². The lowest BCUT2D eigenvalue weighted by Gasteiger charge is -2.27. The van der Waals surface area contributed by atoms with Crippen molar-refractivity contribution in [2.75, 3.05) is 13.2 Å². The van der Waals surface area contributed by atoms with Crippen molar-refractivity contribution in [2.45, 2.75) is 44.6 Å². The maximum atomic E-state index is 9.19. The molecule has 0 radical (unpaired) electrons. The number of hydrogen-bond donors (Lipinski definition) is 2. The lowest BCUT2D eigenvalue weighted by molar-refractivity contribution is 0.236. The van der Waals surface area contributed by atoms with Crippen LogP contribution in [-0.2, 0) is 6.42 Å². The summed E-state index contributed by atoms with van der Waals surface area (Å²) in [6.45, 7) is 3.35. The fourth-order valence-corrected chi connectivity index (χ4v) is 2.71. The number of hydrogen-bond acceptors (Lipinski definition) is 2. The molecule has 1 aromatic carbocycles. The Morgan fingerprint density at radius 1 is 1.41 bits per heavy atom. The van der Waals surface area contributed by atoms with Gasteiger partial charge in [0.2, 0.25) is 0 Å². The van der Waals surface area contributed by atoms with Crippen molar-refractivity contribution in [3.63, 3.8) is 0 Å². The predicted molar refractivity (Wildman–Crippen MR) is 71.3 cm³/mol. The number of rotatable bonds is 5. The minimum absolute atomic E-state index is 0.241. The van der Waals surface area contributed by atoms with E-state index in [1.807, 2.05) is 0 Å². The topological polar surface area (TPSA) is 32.3 Å². The molecule has 0 heterocycles. The molecular formula is C15H23NO. The number of fused-ring (bicyclic) bond motifs is 1. The summed E-state index contributed by atoms with van der Waals surface area (Å²) in [4.78, 5) is 0. The Balaban J connectivity index is 1.99. The van der Waals surface area contributed by atoms with Crippen LogP contribution in [0.1, 0.15) is 43.2 Å². The van der Waals surface area contributed by atoms with Gasteiger partial charge in [0.1, 0.15) is 0 Å². The number of aliphatic hydroxyl groups excluding tert-OH is 1. The molecule has 1 aromatic rings. The molecule has 94 valence electrons. The van der Waals surface area contributed by atoms with E-state index in [1.54, 1.807) is 0 Å². The van der Waals surface area contributed by atoms with Crippen molar-refractivity contribution < 1.29 is 5.11 Å². The Bertz CT molecular complexity index is 347. The first-order valence-electron chi connectivity index (χ1n) is 6.77. The zero-order chi connectivity index (χ0) is 12.1. The van der Waals surface area contributed by atoms with Crippen LogP contribution in [0.4, 0.5) is 0 Å². The van der Waals surface area contributed by atoms with Crippen LogP contribution in [0.25, 0.3) is 0 Å². The molecular weight excluding hydrogens is 210 g/mol. The first-order chi connectivity index (χ1) is 8.35. The molecule has 2 N–H and O–H groups in total. The summed E-state index contributed by atoms with van der Waals surface area (Å²) in [5.41, 5.74) is 3.03. The third-order valence-corrected chi connectivity index (χ3v) is 3.86. The molecule has 0 bridgehead atoms. The zero-order valence-corrected chi connectivity index (χ0v) is 10.7. The first kappa shape index (κ1) is 12.6. The van der Waals surface area contributed by atoms with E-state index in [-0.39, 0.29) is 12.6 Å². The summed E-state index contributed by atoms with van der Waals surface area (Å²) < 4.78 is 0. The largest absolute Gasteiger partial charge is 0.395 e. The van der Waals surface area contributed by atoms with E-state index in [9.17, 15) is 5.11 Å². The van der Waals surface area contributed by atoms with Crippen molar-refractivity contribution in [3.05, 3.63) is 35.4 Å². The second kappa shape index (κ2) is 6.18. The minimum Gasteiger partial charge on any atom is -0.395 e. The molecule has 1 aliphatic rings. The van der Waals surface area contributed by atoms with Crippen molar-refractivity contribution in [1.29, 1.82) is 0 Å².